The second-order valence-corrected chi connectivity index (χ2v) is 23.6. The maximum absolute atomic E-state index is 10.2. The summed E-state index contributed by atoms with van der Waals surface area (Å²) in [5.74, 6) is 28.9. The van der Waals surface area contributed by atoms with Crippen LogP contribution in [0.3, 0.4) is 0 Å². The van der Waals surface area contributed by atoms with E-state index >= 15 is 0 Å². The Kier molecular flexibility index (Phi) is 12.6. The number of hydrogen-bond donors (Lipinski definition) is 4. The molecule has 0 bridgehead atoms. The van der Waals surface area contributed by atoms with Crippen LogP contribution in [-0.2, 0) is 31.1 Å². The molecule has 0 heterocycles. The van der Waals surface area contributed by atoms with Crippen LogP contribution in [0.2, 0.25) is 0 Å². The molecule has 0 atom stereocenters. The Bertz CT molecular complexity index is 4570. The lowest BCUT2D eigenvalue weighted by Crippen LogP contribution is -2.31. The summed E-state index contributed by atoms with van der Waals surface area (Å²) in [4.78, 5) is 0. The first-order valence-electron chi connectivity index (χ1n) is 29.9. The Balaban J connectivity index is 0.777. The van der Waals surface area contributed by atoms with Crippen molar-refractivity contribution in [2.75, 3.05) is 0 Å². The van der Waals surface area contributed by atoms with Gasteiger partial charge in [-0.15, -0.1) is 0 Å². The van der Waals surface area contributed by atoms with Crippen LogP contribution >= 0.6 is 0 Å². The van der Waals surface area contributed by atoms with Gasteiger partial charge < -0.3 is 20.4 Å². The van der Waals surface area contributed by atoms with Crippen molar-refractivity contribution in [3.8, 4) is 115 Å². The van der Waals surface area contributed by atoms with Crippen molar-refractivity contribution in [1.29, 1.82) is 0 Å². The lowest BCUT2D eigenvalue weighted by atomic mass is 9.65. The average Bonchev–Trinajstić information content (AvgIpc) is 2.51. The Labute approximate surface area is 517 Å². The van der Waals surface area contributed by atoms with Gasteiger partial charge in [0.25, 0.3) is 0 Å². The fourth-order valence-electron chi connectivity index (χ4n) is 13.9. The summed E-state index contributed by atoms with van der Waals surface area (Å²) in [5, 5.41) is 40.8. The molecule has 416 valence electrons. The van der Waals surface area contributed by atoms with E-state index < -0.39 is 5.41 Å². The van der Waals surface area contributed by atoms with Gasteiger partial charge in [0.1, 0.15) is 23.0 Å². The molecule has 16 rings (SSSR count). The lowest BCUT2D eigenvalue weighted by molar-refractivity contribution is 0.474. The van der Waals surface area contributed by atoms with E-state index in [9.17, 15) is 20.4 Å². The number of aromatic hydroxyl groups is 4. The zero-order chi connectivity index (χ0) is 59.7. The van der Waals surface area contributed by atoms with Gasteiger partial charge in [-0.3, -0.25) is 0 Å². The van der Waals surface area contributed by atoms with Crippen molar-refractivity contribution >= 4 is 0 Å². The van der Waals surface area contributed by atoms with E-state index in [1.165, 1.54) is 44.5 Å². The summed E-state index contributed by atoms with van der Waals surface area (Å²) in [6, 6.07) is 82.6. The van der Waals surface area contributed by atoms with Crippen LogP contribution in [0, 0.1) is 47.4 Å². The Morgan fingerprint density at radius 3 is 0.573 bits per heavy atom. The van der Waals surface area contributed by atoms with Gasteiger partial charge in [-0.2, -0.15) is 0 Å². The van der Waals surface area contributed by atoms with Crippen LogP contribution in [0.15, 0.2) is 243 Å². The van der Waals surface area contributed by atoms with E-state index in [1.54, 1.807) is 24.3 Å². The topological polar surface area (TPSA) is 80.9 Å². The minimum atomic E-state index is -0.852. The molecule has 0 spiro atoms. The van der Waals surface area contributed by atoms with E-state index in [-0.39, 0.29) is 23.0 Å². The Hall–Kier alpha value is -11.9. The molecule has 12 aromatic rings. The third kappa shape index (κ3) is 9.64. The van der Waals surface area contributed by atoms with Crippen molar-refractivity contribution in [1.82, 2.24) is 0 Å². The van der Waals surface area contributed by atoms with Gasteiger partial charge in [0, 0.05) is 44.5 Å². The smallest absolute Gasteiger partial charge is 0.115 e. The van der Waals surface area contributed by atoms with E-state index in [0.717, 1.165) is 137 Å². The molecule has 0 amide bonds. The van der Waals surface area contributed by atoms with E-state index in [2.05, 4.69) is 217 Å². The number of hydrogen-bond acceptors (Lipinski definition) is 4. The van der Waals surface area contributed by atoms with Gasteiger partial charge in [-0.1, -0.05) is 144 Å². The first-order chi connectivity index (χ1) is 43.6. The first kappa shape index (κ1) is 52.6. The second-order valence-electron chi connectivity index (χ2n) is 23.6. The predicted octanol–water partition coefficient (Wildman–Crippen LogP) is 16.8. The molecule has 4 aliphatic rings. The summed E-state index contributed by atoms with van der Waals surface area (Å²) in [7, 11) is 0. The SMILES string of the molecule is Oc1ccc2c(c1)Cc1cc(C#Cc3ccc(C(c4ccc(C#Cc5ccc6c(c5)Cc5cc(O)ccc5-6)cc4)(c4ccc(C#Cc5ccc6c(c5)Cc5cc(O)ccc5-6)cc4)c4ccc(C#Cc5ccc6c(c5)Cc5cc(O)ccc5-6)cc4)cc3)ccc1-2. The molecule has 4 N–H and O–H groups in total. The highest BCUT2D eigenvalue weighted by atomic mass is 16.3. The van der Waals surface area contributed by atoms with E-state index in [4.69, 9.17) is 0 Å². The first-order valence-corrected chi connectivity index (χ1v) is 29.9. The molecule has 4 heteroatoms. The van der Waals surface area contributed by atoms with Gasteiger partial charge in [0.2, 0.25) is 0 Å². The quantitative estimate of drug-likeness (QED) is 0.105. The third-order valence-electron chi connectivity index (χ3n) is 18.1. The molecular weight excluding hydrogens is 1080 g/mol. The van der Waals surface area contributed by atoms with E-state index in [0.29, 0.717) is 0 Å². The molecule has 0 unspecified atom stereocenters. The fraction of sp³-hybridized carbons (Fsp3) is 0.0588. The van der Waals surface area contributed by atoms with Gasteiger partial charge in [0.05, 0.1) is 5.41 Å². The summed E-state index contributed by atoms with van der Waals surface area (Å²) < 4.78 is 0. The molecule has 0 saturated heterocycles. The van der Waals surface area contributed by atoms with Gasteiger partial charge in [-0.05, 0) is 283 Å². The Morgan fingerprint density at radius 1 is 0.191 bits per heavy atom. The molecule has 0 fully saturated rings. The molecule has 4 nitrogen and oxygen atoms in total. The lowest BCUT2D eigenvalue weighted by Gasteiger charge is -2.37. The van der Waals surface area contributed by atoms with Crippen molar-refractivity contribution in [3.05, 3.63) is 354 Å². The van der Waals surface area contributed by atoms with E-state index in [1.807, 2.05) is 48.5 Å². The summed E-state index contributed by atoms with van der Waals surface area (Å²) in [5.41, 5.74) is 29.3. The molecule has 12 aromatic carbocycles. The van der Waals surface area contributed by atoms with Crippen LogP contribution in [0.5, 0.6) is 23.0 Å². The highest BCUT2D eigenvalue weighted by Crippen LogP contribution is 2.47. The van der Waals surface area contributed by atoms with Crippen molar-refractivity contribution in [3.63, 3.8) is 0 Å². The van der Waals surface area contributed by atoms with Gasteiger partial charge in [-0.25, -0.2) is 0 Å². The van der Waals surface area contributed by atoms with Crippen LogP contribution in [0.4, 0.5) is 0 Å². The number of phenols is 4. The zero-order valence-electron chi connectivity index (χ0n) is 48.2. The number of fused-ring (bicyclic) bond motifs is 12. The van der Waals surface area contributed by atoms with Crippen molar-refractivity contribution in [2.45, 2.75) is 31.1 Å². The van der Waals surface area contributed by atoms with Gasteiger partial charge >= 0.3 is 0 Å². The highest BCUT2D eigenvalue weighted by molar-refractivity contribution is 5.82. The number of rotatable bonds is 4. The molecule has 0 radical (unpaired) electrons. The summed E-state index contributed by atoms with van der Waals surface area (Å²) in [6.45, 7) is 0. The largest absolute Gasteiger partial charge is 0.508 e. The average molecular weight is 1140 g/mol. The monoisotopic (exact) mass is 1140 g/mol. The third-order valence-corrected chi connectivity index (χ3v) is 18.1. The molecule has 4 aliphatic carbocycles. The van der Waals surface area contributed by atoms with Crippen LogP contribution in [-0.4, -0.2) is 20.4 Å². The number of benzene rings is 12. The fourth-order valence-corrected chi connectivity index (χ4v) is 13.9. The minimum Gasteiger partial charge on any atom is -0.508 e. The number of phenolic OH excluding ortho intramolecular Hbond substituents is 4. The van der Waals surface area contributed by atoms with Gasteiger partial charge in [0.15, 0.2) is 0 Å². The van der Waals surface area contributed by atoms with Crippen LogP contribution in [0.25, 0.3) is 44.5 Å². The minimum absolute atomic E-state index is 0.279. The summed E-state index contributed by atoms with van der Waals surface area (Å²) >= 11 is 0. The predicted molar refractivity (Wildman–Crippen MR) is 354 cm³/mol. The maximum atomic E-state index is 10.2. The zero-order valence-corrected chi connectivity index (χ0v) is 48.2. The van der Waals surface area contributed by atoms with Crippen molar-refractivity contribution in [2.24, 2.45) is 0 Å². The molecule has 0 saturated carbocycles. The maximum Gasteiger partial charge on any atom is 0.115 e. The molecule has 0 aromatic heterocycles. The normalized spacial score (nSPS) is 12.1. The summed E-state index contributed by atoms with van der Waals surface area (Å²) in [6.07, 6.45) is 3.03. The second kappa shape index (κ2) is 21.2. The van der Waals surface area contributed by atoms with Crippen molar-refractivity contribution < 1.29 is 20.4 Å². The Morgan fingerprint density at radius 2 is 0.360 bits per heavy atom. The molecular formula is C85H52O4. The molecule has 89 heavy (non-hydrogen) atoms. The van der Waals surface area contributed by atoms with Crippen LogP contribution in [0.1, 0.15) is 111 Å². The van der Waals surface area contributed by atoms with Crippen LogP contribution < -0.4 is 0 Å². The standard InChI is InChI=1S/C85H52O4/c86-73-29-37-81-65(49-73)45-61-41-57(17-33-77(61)81)5-1-53-9-21-69(22-10-53)85(70-23-11-54(12-24-70)2-6-58-18-34-78-62(42-58)46-66-50-74(87)30-38-82(66)78,71-25-13-55(14-26-71)3-7-59-19-35-79-63(43-59)47-67-51-75(88)31-39-83(67)79)72-27-15-56(16-28-72)4-8-60-20-36-80-64(44-60)48-68-52-76(89)32-40-84(68)80/h9-44,49-52,86-89H,45-48H2. The molecule has 0 aliphatic heterocycles. The highest BCUT2D eigenvalue weighted by Gasteiger charge is 2.39.